The molecule has 0 radical (unpaired) electrons. The normalized spacial score (nSPS) is 13.8. The molecule has 1 aliphatic heterocycles. The minimum Gasteiger partial charge on any atom is -0.337 e. The highest BCUT2D eigenvalue weighted by Crippen LogP contribution is 2.30. The van der Waals surface area contributed by atoms with Crippen molar-refractivity contribution < 1.29 is 13.2 Å². The molecule has 168 valence electrons. The number of rotatable bonds is 5. The summed E-state index contributed by atoms with van der Waals surface area (Å²) >= 11 is 5.94. The van der Waals surface area contributed by atoms with E-state index in [9.17, 15) is 13.2 Å². The van der Waals surface area contributed by atoms with Gasteiger partial charge in [-0.15, -0.1) is 0 Å². The Hall–Kier alpha value is -3.09. The van der Waals surface area contributed by atoms with Gasteiger partial charge in [0.25, 0.3) is 0 Å². The number of amides is 1. The molecule has 5 nitrogen and oxygen atoms in total. The predicted molar refractivity (Wildman–Crippen MR) is 131 cm³/mol. The van der Waals surface area contributed by atoms with Crippen LogP contribution in [-0.2, 0) is 33.4 Å². The van der Waals surface area contributed by atoms with Crippen LogP contribution in [-0.4, -0.2) is 25.4 Å². The minimum atomic E-state index is -3.63. The van der Waals surface area contributed by atoms with Gasteiger partial charge >= 0.3 is 0 Å². The number of carbonyl (C=O) groups is 1. The summed E-state index contributed by atoms with van der Waals surface area (Å²) in [7, 11) is -3.63. The molecule has 1 amide bonds. The fourth-order valence-electron chi connectivity index (χ4n) is 4.49. The van der Waals surface area contributed by atoms with Gasteiger partial charge in [0.2, 0.25) is 5.91 Å². The first-order valence-corrected chi connectivity index (χ1v) is 12.9. The van der Waals surface area contributed by atoms with Gasteiger partial charge in [-0.05, 0) is 48.2 Å². The fraction of sp³-hybridized carbons (Fsp3) is 0.192. The zero-order valence-electron chi connectivity index (χ0n) is 17.9. The summed E-state index contributed by atoms with van der Waals surface area (Å²) in [5.41, 5.74) is 3.50. The van der Waals surface area contributed by atoms with Gasteiger partial charge in [0.15, 0.2) is 9.84 Å². The topological polar surface area (TPSA) is 59.4 Å². The molecular weight excluding hydrogens is 456 g/mol. The summed E-state index contributed by atoms with van der Waals surface area (Å²) in [5, 5.41) is 1.18. The number of fused-ring (bicyclic) bond motifs is 2. The van der Waals surface area contributed by atoms with E-state index >= 15 is 0 Å². The summed E-state index contributed by atoms with van der Waals surface area (Å²) < 4.78 is 28.4. The second kappa shape index (κ2) is 8.69. The van der Waals surface area contributed by atoms with Crippen LogP contribution in [0, 0.1) is 0 Å². The summed E-state index contributed by atoms with van der Waals surface area (Å²) in [6, 6.07) is 22.1. The number of sulfone groups is 1. The molecule has 0 unspecified atom stereocenters. The van der Waals surface area contributed by atoms with Crippen LogP contribution < -0.4 is 4.90 Å². The molecular formula is C26H23ClN2O3S. The number of benzene rings is 3. The molecule has 0 N–H and O–H groups in total. The van der Waals surface area contributed by atoms with Crippen LogP contribution >= 0.6 is 11.6 Å². The predicted octanol–water partition coefficient (Wildman–Crippen LogP) is 5.25. The van der Waals surface area contributed by atoms with Gasteiger partial charge in [0.05, 0.1) is 10.6 Å². The molecule has 3 aromatic carbocycles. The van der Waals surface area contributed by atoms with Crippen molar-refractivity contribution in [2.45, 2.75) is 30.0 Å². The Morgan fingerprint density at radius 3 is 2.48 bits per heavy atom. The van der Waals surface area contributed by atoms with E-state index in [0.29, 0.717) is 22.5 Å². The maximum absolute atomic E-state index is 13.3. The van der Waals surface area contributed by atoms with Gasteiger partial charge in [0, 0.05) is 34.4 Å². The lowest BCUT2D eigenvalue weighted by atomic mass is 10.0. The highest BCUT2D eigenvalue weighted by molar-refractivity contribution is 7.90. The standard InChI is InChI=1S/C26H23ClN2O3S/c27-21-13-11-19(12-14-21)18-33(31,32)25-16-28(24-10-4-2-8-22(24)25)17-26(30)29-15-5-7-20-6-1-3-9-23(20)29/h1-4,6,8-14,16H,5,7,15,17-18H2. The van der Waals surface area contributed by atoms with Gasteiger partial charge in [0.1, 0.15) is 6.54 Å². The fourth-order valence-corrected chi connectivity index (χ4v) is 6.20. The van der Waals surface area contributed by atoms with Crippen molar-refractivity contribution in [3.05, 3.63) is 95.1 Å². The largest absolute Gasteiger partial charge is 0.337 e. The van der Waals surface area contributed by atoms with Crippen molar-refractivity contribution >= 4 is 43.9 Å². The molecule has 0 aliphatic carbocycles. The summed E-state index contributed by atoms with van der Waals surface area (Å²) in [6.45, 7) is 0.738. The molecule has 0 fully saturated rings. The van der Waals surface area contributed by atoms with Crippen LogP contribution in [0.4, 0.5) is 5.69 Å². The number of aryl methyl sites for hydroxylation is 1. The van der Waals surface area contributed by atoms with E-state index < -0.39 is 9.84 Å². The van der Waals surface area contributed by atoms with E-state index in [4.69, 9.17) is 11.6 Å². The molecule has 0 saturated carbocycles. The quantitative estimate of drug-likeness (QED) is 0.393. The lowest BCUT2D eigenvalue weighted by Gasteiger charge is -2.29. The van der Waals surface area contributed by atoms with Crippen molar-refractivity contribution in [3.63, 3.8) is 0 Å². The first-order valence-electron chi connectivity index (χ1n) is 10.9. The third kappa shape index (κ3) is 4.28. The molecule has 4 aromatic rings. The third-order valence-corrected chi connectivity index (χ3v) is 8.03. The van der Waals surface area contributed by atoms with Crippen LogP contribution in [0.15, 0.2) is 83.9 Å². The minimum absolute atomic E-state index is 0.0513. The van der Waals surface area contributed by atoms with Gasteiger partial charge in [-0.1, -0.05) is 60.1 Å². The number of aromatic nitrogens is 1. The number of hydrogen-bond acceptors (Lipinski definition) is 3. The molecule has 0 atom stereocenters. The summed E-state index contributed by atoms with van der Waals surface area (Å²) in [5.74, 6) is -0.185. The summed E-state index contributed by atoms with van der Waals surface area (Å²) in [4.78, 5) is 15.3. The lowest BCUT2D eigenvalue weighted by Crippen LogP contribution is -2.37. The SMILES string of the molecule is O=C(Cn1cc(S(=O)(=O)Cc2ccc(Cl)cc2)c2ccccc21)N1CCCc2ccccc21. The van der Waals surface area contributed by atoms with Crippen molar-refractivity contribution in [1.82, 2.24) is 4.57 Å². The molecule has 1 aliphatic rings. The monoisotopic (exact) mass is 478 g/mol. The zero-order chi connectivity index (χ0) is 23.0. The Labute approximate surface area is 198 Å². The van der Waals surface area contributed by atoms with E-state index in [1.54, 1.807) is 41.1 Å². The lowest BCUT2D eigenvalue weighted by molar-refractivity contribution is -0.119. The first kappa shape index (κ1) is 21.7. The van der Waals surface area contributed by atoms with Crippen LogP contribution in [0.1, 0.15) is 17.5 Å². The average molecular weight is 479 g/mol. The second-order valence-corrected chi connectivity index (χ2v) is 10.7. The van der Waals surface area contributed by atoms with E-state index in [2.05, 4.69) is 6.07 Å². The highest BCUT2D eigenvalue weighted by atomic mass is 35.5. The Morgan fingerprint density at radius 2 is 1.67 bits per heavy atom. The maximum atomic E-state index is 13.3. The van der Waals surface area contributed by atoms with Gasteiger partial charge in [-0.2, -0.15) is 0 Å². The molecule has 0 bridgehead atoms. The molecule has 5 rings (SSSR count). The van der Waals surface area contributed by atoms with Crippen molar-refractivity contribution in [2.75, 3.05) is 11.4 Å². The van der Waals surface area contributed by atoms with E-state index in [1.165, 1.54) is 5.56 Å². The van der Waals surface area contributed by atoms with Crippen molar-refractivity contribution in [2.24, 2.45) is 0 Å². The van der Waals surface area contributed by atoms with Crippen LogP contribution in [0.2, 0.25) is 5.02 Å². The Kier molecular flexibility index (Phi) is 5.72. The molecule has 0 spiro atoms. The van der Waals surface area contributed by atoms with Crippen molar-refractivity contribution in [1.29, 1.82) is 0 Å². The molecule has 1 aromatic heterocycles. The molecule has 0 saturated heterocycles. The molecule has 2 heterocycles. The van der Waals surface area contributed by atoms with E-state index in [0.717, 1.165) is 24.0 Å². The van der Waals surface area contributed by atoms with Gasteiger partial charge in [-0.25, -0.2) is 8.42 Å². The van der Waals surface area contributed by atoms with Crippen molar-refractivity contribution in [3.8, 4) is 0 Å². The highest BCUT2D eigenvalue weighted by Gasteiger charge is 2.25. The Balaban J connectivity index is 1.48. The second-order valence-electron chi connectivity index (χ2n) is 8.30. The first-order chi connectivity index (χ1) is 15.9. The number of para-hydroxylation sites is 2. The Morgan fingerprint density at radius 1 is 0.939 bits per heavy atom. The number of halogens is 1. The van der Waals surface area contributed by atoms with Gasteiger partial charge in [-0.3, -0.25) is 4.79 Å². The smallest absolute Gasteiger partial charge is 0.246 e. The third-order valence-electron chi connectivity index (χ3n) is 6.07. The number of nitrogens with zero attached hydrogens (tertiary/aromatic N) is 2. The maximum Gasteiger partial charge on any atom is 0.246 e. The van der Waals surface area contributed by atoms with Crippen LogP contribution in [0.25, 0.3) is 10.9 Å². The number of anilines is 1. The average Bonchev–Trinajstić information content (AvgIpc) is 3.19. The van der Waals surface area contributed by atoms with Gasteiger partial charge < -0.3 is 9.47 Å². The zero-order valence-corrected chi connectivity index (χ0v) is 19.5. The molecule has 7 heteroatoms. The molecule has 33 heavy (non-hydrogen) atoms. The van der Waals surface area contributed by atoms with E-state index in [1.807, 2.05) is 41.3 Å². The van der Waals surface area contributed by atoms with E-state index in [-0.39, 0.29) is 23.1 Å². The van der Waals surface area contributed by atoms with Crippen LogP contribution in [0.5, 0.6) is 0 Å². The summed E-state index contributed by atoms with van der Waals surface area (Å²) in [6.07, 6.45) is 3.47. The number of hydrogen-bond donors (Lipinski definition) is 0. The number of carbonyl (C=O) groups excluding carboxylic acids is 1. The Bertz CT molecular complexity index is 1440. The van der Waals surface area contributed by atoms with Crippen LogP contribution in [0.3, 0.4) is 0 Å².